The SMILES string of the molecule is CO[SiH](OC)C(C)CCSSSCCC(C)[SiH](OC)OC. The Morgan fingerprint density at radius 2 is 1.05 bits per heavy atom. The van der Waals surface area contributed by atoms with Crippen molar-refractivity contribution in [3.63, 3.8) is 0 Å². The lowest BCUT2D eigenvalue weighted by Crippen LogP contribution is -2.24. The van der Waals surface area contributed by atoms with E-state index >= 15 is 0 Å². The molecule has 128 valence electrons. The first kappa shape index (κ1) is 22.3. The molecule has 0 spiro atoms. The Labute approximate surface area is 145 Å². The highest BCUT2D eigenvalue weighted by Crippen LogP contribution is 2.37. The molecule has 0 N–H and O–H groups in total. The molecule has 0 aliphatic heterocycles. The monoisotopic (exact) mass is 390 g/mol. The summed E-state index contributed by atoms with van der Waals surface area (Å²) in [5.74, 6) is 2.30. The Kier molecular flexibility index (Phi) is 15.8. The molecule has 0 aliphatic rings. The minimum Gasteiger partial charge on any atom is -0.400 e. The molecular weight excluding hydrogens is 361 g/mol. The number of hydrogen-bond acceptors (Lipinski definition) is 7. The average molecular weight is 391 g/mol. The maximum atomic E-state index is 5.40. The first-order chi connectivity index (χ1) is 10.1. The van der Waals surface area contributed by atoms with E-state index < -0.39 is 18.6 Å². The Hall–Kier alpha value is 1.32. The molecule has 0 aliphatic carbocycles. The van der Waals surface area contributed by atoms with Gasteiger partial charge in [0.1, 0.15) is 0 Å². The maximum absolute atomic E-state index is 5.40. The molecule has 2 atom stereocenters. The lowest BCUT2D eigenvalue weighted by molar-refractivity contribution is 0.266. The third-order valence-corrected chi connectivity index (χ3v) is 12.0. The van der Waals surface area contributed by atoms with Crippen LogP contribution in [0.2, 0.25) is 11.1 Å². The average Bonchev–Trinajstić information content (AvgIpc) is 2.48. The van der Waals surface area contributed by atoms with Crippen LogP contribution >= 0.6 is 31.4 Å². The quantitative estimate of drug-likeness (QED) is 0.255. The summed E-state index contributed by atoms with van der Waals surface area (Å²) in [5, 5.41) is 0. The molecule has 4 nitrogen and oxygen atoms in total. The number of rotatable bonds is 14. The molecule has 2 unspecified atom stereocenters. The Morgan fingerprint density at radius 1 is 0.714 bits per heavy atom. The third-order valence-electron chi connectivity index (χ3n) is 3.27. The Bertz CT molecular complexity index is 213. The topological polar surface area (TPSA) is 36.9 Å². The molecule has 0 heterocycles. The Morgan fingerprint density at radius 3 is 1.33 bits per heavy atom. The summed E-state index contributed by atoms with van der Waals surface area (Å²) < 4.78 is 21.6. The van der Waals surface area contributed by atoms with Crippen molar-refractivity contribution in [2.24, 2.45) is 0 Å². The van der Waals surface area contributed by atoms with Gasteiger partial charge in [0.05, 0.1) is 0 Å². The molecule has 0 aromatic carbocycles. The maximum Gasteiger partial charge on any atom is 0.323 e. The summed E-state index contributed by atoms with van der Waals surface area (Å²) in [6.07, 6.45) is 2.32. The minimum atomic E-state index is -1.44. The minimum absolute atomic E-state index is 0.563. The van der Waals surface area contributed by atoms with Crippen molar-refractivity contribution in [2.75, 3.05) is 39.9 Å². The highest BCUT2D eigenvalue weighted by Gasteiger charge is 2.20. The molecule has 21 heavy (non-hydrogen) atoms. The van der Waals surface area contributed by atoms with Gasteiger partial charge in [-0.05, 0) is 33.7 Å². The predicted molar refractivity (Wildman–Crippen MR) is 103 cm³/mol. The summed E-state index contributed by atoms with van der Waals surface area (Å²) in [5.41, 5.74) is 1.13. The van der Waals surface area contributed by atoms with Gasteiger partial charge in [-0.2, -0.15) is 0 Å². The fourth-order valence-corrected chi connectivity index (χ4v) is 9.74. The second-order valence-electron chi connectivity index (χ2n) is 4.92. The van der Waals surface area contributed by atoms with Crippen molar-refractivity contribution < 1.29 is 17.7 Å². The lowest BCUT2D eigenvalue weighted by Gasteiger charge is -2.18. The first-order valence-electron chi connectivity index (χ1n) is 7.12. The predicted octanol–water partition coefficient (Wildman–Crippen LogP) is 3.60. The van der Waals surface area contributed by atoms with E-state index in [1.54, 1.807) is 28.4 Å². The zero-order valence-electron chi connectivity index (χ0n) is 14.0. The molecule has 0 amide bonds. The fraction of sp³-hybridized carbons (Fsp3) is 1.00. The zero-order valence-corrected chi connectivity index (χ0v) is 18.8. The lowest BCUT2D eigenvalue weighted by atomic mass is 10.4. The van der Waals surface area contributed by atoms with Crippen LogP contribution in [0.3, 0.4) is 0 Å². The van der Waals surface area contributed by atoms with Crippen molar-refractivity contribution in [3.8, 4) is 0 Å². The Balaban J connectivity index is 3.52. The van der Waals surface area contributed by atoms with Gasteiger partial charge in [-0.3, -0.25) is 0 Å². The second kappa shape index (κ2) is 14.9. The van der Waals surface area contributed by atoms with Crippen LogP contribution in [0.25, 0.3) is 0 Å². The van der Waals surface area contributed by atoms with Crippen molar-refractivity contribution in [3.05, 3.63) is 0 Å². The fourth-order valence-electron chi connectivity index (χ4n) is 1.96. The van der Waals surface area contributed by atoms with Crippen LogP contribution in [-0.4, -0.2) is 58.5 Å². The van der Waals surface area contributed by atoms with E-state index in [1.165, 1.54) is 0 Å². The summed E-state index contributed by atoms with van der Waals surface area (Å²) in [6.45, 7) is 4.45. The van der Waals surface area contributed by atoms with E-state index in [2.05, 4.69) is 13.8 Å². The van der Waals surface area contributed by atoms with Gasteiger partial charge >= 0.3 is 18.6 Å². The normalized spacial score (nSPS) is 14.9. The molecule has 0 fully saturated rings. The van der Waals surface area contributed by atoms with Gasteiger partial charge in [-0.25, -0.2) is 0 Å². The highest BCUT2D eigenvalue weighted by molar-refractivity contribution is 9.09. The second-order valence-corrected chi connectivity index (χ2v) is 15.0. The van der Waals surface area contributed by atoms with Crippen LogP contribution in [0, 0.1) is 0 Å². The van der Waals surface area contributed by atoms with E-state index in [-0.39, 0.29) is 0 Å². The molecule has 0 rings (SSSR count). The van der Waals surface area contributed by atoms with Crippen LogP contribution in [0.1, 0.15) is 26.7 Å². The van der Waals surface area contributed by atoms with Crippen LogP contribution in [0.5, 0.6) is 0 Å². The van der Waals surface area contributed by atoms with Gasteiger partial charge in [-0.1, -0.05) is 35.4 Å². The van der Waals surface area contributed by atoms with Crippen molar-refractivity contribution in [1.82, 2.24) is 0 Å². The van der Waals surface area contributed by atoms with Gasteiger partial charge in [0.15, 0.2) is 0 Å². The van der Waals surface area contributed by atoms with E-state index in [4.69, 9.17) is 17.7 Å². The van der Waals surface area contributed by atoms with Gasteiger partial charge in [0.25, 0.3) is 0 Å². The van der Waals surface area contributed by atoms with Crippen molar-refractivity contribution in [1.29, 1.82) is 0 Å². The molecular formula is C12H30O4S3Si2. The van der Waals surface area contributed by atoms with Crippen LogP contribution in [0.4, 0.5) is 0 Å². The standard InChI is InChI=1S/C12H30O4S3Si2/c1-11(20(13-3)14-4)7-9-17-19-18-10-8-12(2)21(15-5)16-6/h11-12,20-21H,7-10H2,1-6H3. The molecule has 9 heteroatoms. The first-order valence-corrected chi connectivity index (χ1v) is 14.2. The molecule has 0 radical (unpaired) electrons. The highest BCUT2D eigenvalue weighted by atomic mass is 33.5. The van der Waals surface area contributed by atoms with Gasteiger partial charge in [-0.15, -0.1) is 0 Å². The van der Waals surface area contributed by atoms with Gasteiger partial charge < -0.3 is 17.7 Å². The van der Waals surface area contributed by atoms with Crippen LogP contribution in [0.15, 0.2) is 0 Å². The van der Waals surface area contributed by atoms with Crippen molar-refractivity contribution >= 4 is 50.0 Å². The molecule has 0 aromatic rings. The number of hydrogen-bond donors (Lipinski definition) is 0. The summed E-state index contributed by atoms with van der Waals surface area (Å²) in [6, 6.07) is 0. The van der Waals surface area contributed by atoms with Crippen LogP contribution < -0.4 is 0 Å². The van der Waals surface area contributed by atoms with E-state index in [0.717, 1.165) is 24.3 Å². The smallest absolute Gasteiger partial charge is 0.323 e. The van der Waals surface area contributed by atoms with Gasteiger partial charge in [0, 0.05) is 39.9 Å². The molecule has 0 aromatic heterocycles. The largest absolute Gasteiger partial charge is 0.400 e. The molecule has 0 bridgehead atoms. The van der Waals surface area contributed by atoms with E-state index in [0.29, 0.717) is 11.1 Å². The molecule has 0 saturated heterocycles. The van der Waals surface area contributed by atoms with E-state index in [1.807, 2.05) is 31.4 Å². The summed E-state index contributed by atoms with van der Waals surface area (Å²) in [7, 11) is 9.91. The van der Waals surface area contributed by atoms with Crippen molar-refractivity contribution in [2.45, 2.75) is 37.8 Å². The summed E-state index contributed by atoms with van der Waals surface area (Å²) in [4.78, 5) is 0. The zero-order chi connectivity index (χ0) is 16.1. The van der Waals surface area contributed by atoms with E-state index in [9.17, 15) is 0 Å². The third kappa shape index (κ3) is 10.7. The molecule has 0 saturated carbocycles. The van der Waals surface area contributed by atoms with Gasteiger partial charge in [0.2, 0.25) is 0 Å². The van der Waals surface area contributed by atoms with Crippen LogP contribution in [-0.2, 0) is 17.7 Å². The summed E-state index contributed by atoms with van der Waals surface area (Å²) >= 11 is 0.